The van der Waals surface area contributed by atoms with E-state index in [1.807, 2.05) is 30.9 Å². The number of nitrogens with zero attached hydrogens (tertiary/aromatic N) is 4. The molecule has 1 unspecified atom stereocenters. The Bertz CT molecular complexity index is 715. The number of anilines is 1. The number of aliphatic imine (C=N–C) groups is 1. The first kappa shape index (κ1) is 19.1. The van der Waals surface area contributed by atoms with Gasteiger partial charge in [0.2, 0.25) is 0 Å². The van der Waals surface area contributed by atoms with E-state index < -0.39 is 0 Å². The molecule has 1 aromatic carbocycles. The standard InChI is InChI=1S/C20H30N6O/c1-3-22-20(23-10-6-12-25-14-11-21-16-25)24-17-9-13-26(15-17)18-7-4-5-8-19(18)27-2/h4-5,7-8,11,14,16-17H,3,6,9-10,12-13,15H2,1-2H3,(H2,22,23,24). The lowest BCUT2D eigenvalue weighted by Crippen LogP contribution is -2.44. The molecule has 2 aromatic rings. The van der Waals surface area contributed by atoms with Crippen molar-refractivity contribution in [2.75, 3.05) is 38.2 Å². The van der Waals surface area contributed by atoms with Crippen molar-refractivity contribution in [1.82, 2.24) is 20.2 Å². The van der Waals surface area contributed by atoms with Crippen LogP contribution in [-0.2, 0) is 6.54 Å². The highest BCUT2D eigenvalue weighted by Gasteiger charge is 2.25. The molecule has 0 spiro atoms. The largest absolute Gasteiger partial charge is 0.495 e. The van der Waals surface area contributed by atoms with Crippen LogP contribution in [0.3, 0.4) is 0 Å². The van der Waals surface area contributed by atoms with Crippen molar-refractivity contribution in [2.45, 2.75) is 32.4 Å². The van der Waals surface area contributed by atoms with E-state index in [9.17, 15) is 0 Å². The van der Waals surface area contributed by atoms with E-state index in [1.165, 1.54) is 0 Å². The number of guanidine groups is 1. The number of nitrogens with one attached hydrogen (secondary N) is 2. The van der Waals surface area contributed by atoms with Crippen LogP contribution in [0, 0.1) is 0 Å². The summed E-state index contributed by atoms with van der Waals surface area (Å²) >= 11 is 0. The van der Waals surface area contributed by atoms with Gasteiger partial charge in [0.15, 0.2) is 5.96 Å². The second-order valence-corrected chi connectivity index (χ2v) is 6.66. The van der Waals surface area contributed by atoms with Gasteiger partial charge < -0.3 is 24.8 Å². The van der Waals surface area contributed by atoms with Crippen LogP contribution < -0.4 is 20.3 Å². The van der Waals surface area contributed by atoms with Crippen LogP contribution in [0.1, 0.15) is 19.8 Å². The zero-order valence-electron chi connectivity index (χ0n) is 16.3. The van der Waals surface area contributed by atoms with Crippen LogP contribution in [0.15, 0.2) is 48.0 Å². The number of ether oxygens (including phenoxy) is 1. The summed E-state index contributed by atoms with van der Waals surface area (Å²) in [6.07, 6.45) is 7.71. The summed E-state index contributed by atoms with van der Waals surface area (Å²) in [5.74, 6) is 1.83. The molecule has 1 fully saturated rings. The van der Waals surface area contributed by atoms with E-state index in [2.05, 4.69) is 44.1 Å². The van der Waals surface area contributed by atoms with Gasteiger partial charge in [-0.3, -0.25) is 4.99 Å². The molecule has 1 saturated heterocycles. The average Bonchev–Trinajstić information content (AvgIpc) is 3.37. The molecule has 0 aliphatic carbocycles. The maximum Gasteiger partial charge on any atom is 0.191 e. The Balaban J connectivity index is 1.51. The Kier molecular flexibility index (Phi) is 6.96. The van der Waals surface area contributed by atoms with Crippen LogP contribution in [0.25, 0.3) is 0 Å². The molecule has 2 N–H and O–H groups in total. The molecule has 7 heteroatoms. The predicted molar refractivity (Wildman–Crippen MR) is 110 cm³/mol. The highest BCUT2D eigenvalue weighted by atomic mass is 16.5. The Morgan fingerprint density at radius 3 is 3.04 bits per heavy atom. The van der Waals surface area contributed by atoms with Crippen molar-refractivity contribution < 1.29 is 4.74 Å². The SMILES string of the molecule is CCNC(=NCCCn1ccnc1)NC1CCN(c2ccccc2OC)C1. The van der Waals surface area contributed by atoms with Crippen molar-refractivity contribution in [2.24, 2.45) is 4.99 Å². The van der Waals surface area contributed by atoms with Gasteiger partial charge in [-0.05, 0) is 31.9 Å². The van der Waals surface area contributed by atoms with E-state index in [4.69, 9.17) is 9.73 Å². The number of imidazole rings is 1. The van der Waals surface area contributed by atoms with Crippen molar-refractivity contribution in [3.63, 3.8) is 0 Å². The van der Waals surface area contributed by atoms with Gasteiger partial charge in [0.05, 0.1) is 19.1 Å². The Hall–Kier alpha value is -2.70. The van der Waals surface area contributed by atoms with E-state index in [-0.39, 0.29) is 0 Å². The topological polar surface area (TPSA) is 66.7 Å². The van der Waals surface area contributed by atoms with E-state index in [0.29, 0.717) is 6.04 Å². The second-order valence-electron chi connectivity index (χ2n) is 6.66. The number of aromatic nitrogens is 2. The van der Waals surface area contributed by atoms with E-state index in [0.717, 1.165) is 63.0 Å². The summed E-state index contributed by atoms with van der Waals surface area (Å²) < 4.78 is 7.59. The summed E-state index contributed by atoms with van der Waals surface area (Å²) in [6.45, 7) is 6.64. The van der Waals surface area contributed by atoms with Crippen LogP contribution >= 0.6 is 0 Å². The average molecular weight is 371 g/mol. The molecule has 0 saturated carbocycles. The minimum absolute atomic E-state index is 0.376. The fourth-order valence-electron chi connectivity index (χ4n) is 3.36. The zero-order chi connectivity index (χ0) is 18.9. The fraction of sp³-hybridized carbons (Fsp3) is 0.500. The summed E-state index contributed by atoms with van der Waals surface area (Å²) in [4.78, 5) is 11.2. The molecule has 0 radical (unpaired) electrons. The maximum absolute atomic E-state index is 5.50. The molecule has 146 valence electrons. The summed E-state index contributed by atoms with van der Waals surface area (Å²) in [5, 5.41) is 6.94. The lowest BCUT2D eigenvalue weighted by Gasteiger charge is -2.22. The highest BCUT2D eigenvalue weighted by molar-refractivity contribution is 5.80. The van der Waals surface area contributed by atoms with Crippen LogP contribution in [-0.4, -0.2) is 54.8 Å². The Labute approximate surface area is 161 Å². The molecule has 27 heavy (non-hydrogen) atoms. The van der Waals surface area contributed by atoms with Gasteiger partial charge in [0, 0.05) is 51.2 Å². The third-order valence-electron chi connectivity index (χ3n) is 4.70. The van der Waals surface area contributed by atoms with Gasteiger partial charge in [0.1, 0.15) is 5.75 Å². The van der Waals surface area contributed by atoms with Gasteiger partial charge in [0.25, 0.3) is 0 Å². The smallest absolute Gasteiger partial charge is 0.191 e. The monoisotopic (exact) mass is 370 g/mol. The predicted octanol–water partition coefficient (Wildman–Crippen LogP) is 2.12. The number of aryl methyl sites for hydroxylation is 1. The van der Waals surface area contributed by atoms with Crippen LogP contribution in [0.5, 0.6) is 5.75 Å². The second kappa shape index (κ2) is 9.85. The lowest BCUT2D eigenvalue weighted by atomic mass is 10.2. The van der Waals surface area contributed by atoms with Crippen molar-refractivity contribution >= 4 is 11.6 Å². The Morgan fingerprint density at radius 2 is 2.26 bits per heavy atom. The van der Waals surface area contributed by atoms with Gasteiger partial charge in [-0.25, -0.2) is 4.98 Å². The number of hydrogen-bond donors (Lipinski definition) is 2. The Morgan fingerprint density at radius 1 is 1.37 bits per heavy atom. The molecule has 0 amide bonds. The molecule has 1 atom stereocenters. The van der Waals surface area contributed by atoms with Crippen molar-refractivity contribution in [1.29, 1.82) is 0 Å². The minimum atomic E-state index is 0.376. The number of rotatable bonds is 8. The molecule has 1 aliphatic heterocycles. The molecule has 3 rings (SSSR count). The number of methoxy groups -OCH3 is 1. The van der Waals surface area contributed by atoms with E-state index in [1.54, 1.807) is 7.11 Å². The summed E-state index contributed by atoms with van der Waals surface area (Å²) in [5.41, 5.74) is 1.16. The zero-order valence-corrected chi connectivity index (χ0v) is 16.3. The van der Waals surface area contributed by atoms with Gasteiger partial charge in [-0.1, -0.05) is 12.1 Å². The normalized spacial score (nSPS) is 17.2. The first-order valence-corrected chi connectivity index (χ1v) is 9.68. The highest BCUT2D eigenvalue weighted by Crippen LogP contribution is 2.30. The van der Waals surface area contributed by atoms with Crippen LogP contribution in [0.2, 0.25) is 0 Å². The molecule has 7 nitrogen and oxygen atoms in total. The van der Waals surface area contributed by atoms with Gasteiger partial charge in [-0.2, -0.15) is 0 Å². The summed E-state index contributed by atoms with van der Waals surface area (Å²) in [7, 11) is 1.73. The van der Waals surface area contributed by atoms with Gasteiger partial charge >= 0.3 is 0 Å². The molecule has 0 bridgehead atoms. The first-order valence-electron chi connectivity index (χ1n) is 9.68. The van der Waals surface area contributed by atoms with Crippen LogP contribution in [0.4, 0.5) is 5.69 Å². The number of para-hydroxylation sites is 2. The molecule has 1 aliphatic rings. The third kappa shape index (κ3) is 5.39. The van der Waals surface area contributed by atoms with Crippen molar-refractivity contribution in [3.8, 4) is 5.75 Å². The number of hydrogen-bond acceptors (Lipinski definition) is 4. The van der Waals surface area contributed by atoms with E-state index >= 15 is 0 Å². The van der Waals surface area contributed by atoms with Crippen molar-refractivity contribution in [3.05, 3.63) is 43.0 Å². The molecule has 2 heterocycles. The fourth-order valence-corrected chi connectivity index (χ4v) is 3.36. The quantitative estimate of drug-likeness (QED) is 0.423. The van der Waals surface area contributed by atoms with Gasteiger partial charge in [-0.15, -0.1) is 0 Å². The summed E-state index contributed by atoms with van der Waals surface area (Å²) in [6, 6.07) is 8.58. The molecular weight excluding hydrogens is 340 g/mol. The molecular formula is C20H30N6O. The maximum atomic E-state index is 5.50. The minimum Gasteiger partial charge on any atom is -0.495 e. The first-order chi connectivity index (χ1) is 13.3. The third-order valence-corrected chi connectivity index (χ3v) is 4.70. The lowest BCUT2D eigenvalue weighted by molar-refractivity contribution is 0.415. The molecule has 1 aromatic heterocycles. The number of benzene rings is 1.